The molecule has 2 amide bonds. The zero-order valence-corrected chi connectivity index (χ0v) is 13.3. The number of nitrogens with one attached hydrogen (secondary N) is 2. The Hall–Kier alpha value is -2.67. The minimum Gasteiger partial charge on any atom is -0.495 e. The normalized spacial score (nSPS) is 10.2. The summed E-state index contributed by atoms with van der Waals surface area (Å²) in [6, 6.07) is 7.37. The summed E-state index contributed by atoms with van der Waals surface area (Å²) in [5.74, 6) is -2.94. The lowest BCUT2D eigenvalue weighted by Crippen LogP contribution is -2.32. The van der Waals surface area contributed by atoms with Gasteiger partial charge in [0.15, 0.2) is 11.6 Å². The summed E-state index contributed by atoms with van der Waals surface area (Å²) >= 11 is 5.94. The highest BCUT2D eigenvalue weighted by molar-refractivity contribution is 6.32. The van der Waals surface area contributed by atoms with Crippen LogP contribution in [0.4, 0.5) is 14.5 Å². The Labute approximate surface area is 141 Å². The molecule has 0 unspecified atom stereocenters. The van der Waals surface area contributed by atoms with Gasteiger partial charge in [-0.25, -0.2) is 8.78 Å². The maximum Gasteiger partial charge on any atom is 0.251 e. The van der Waals surface area contributed by atoms with Gasteiger partial charge in [-0.05, 0) is 36.4 Å². The molecule has 2 aromatic carbocycles. The second-order valence-corrected chi connectivity index (χ2v) is 5.12. The lowest BCUT2D eigenvalue weighted by Gasteiger charge is -2.09. The van der Waals surface area contributed by atoms with Crippen molar-refractivity contribution < 1.29 is 23.1 Å². The molecule has 0 atom stereocenters. The van der Waals surface area contributed by atoms with E-state index in [1.165, 1.54) is 13.2 Å². The molecule has 0 heterocycles. The molecule has 0 bridgehead atoms. The SMILES string of the molecule is COc1ccc(NC(=O)CNC(=O)c2ccc(F)c(F)c2)cc1Cl. The van der Waals surface area contributed by atoms with Crippen molar-refractivity contribution in [1.29, 1.82) is 0 Å². The summed E-state index contributed by atoms with van der Waals surface area (Å²) in [6.07, 6.45) is 0. The average molecular weight is 355 g/mol. The maximum absolute atomic E-state index is 13.1. The Bertz CT molecular complexity index is 784. The van der Waals surface area contributed by atoms with Crippen LogP contribution in [0.5, 0.6) is 5.75 Å². The summed E-state index contributed by atoms with van der Waals surface area (Å²) in [5.41, 5.74) is 0.335. The van der Waals surface area contributed by atoms with Crippen LogP contribution >= 0.6 is 11.6 Å². The topological polar surface area (TPSA) is 67.4 Å². The van der Waals surface area contributed by atoms with Crippen LogP contribution in [0.2, 0.25) is 5.02 Å². The second-order valence-electron chi connectivity index (χ2n) is 4.71. The Morgan fingerprint density at radius 2 is 1.88 bits per heavy atom. The van der Waals surface area contributed by atoms with Crippen LogP contribution in [-0.4, -0.2) is 25.5 Å². The van der Waals surface area contributed by atoms with Crippen LogP contribution in [0, 0.1) is 11.6 Å². The fourth-order valence-corrected chi connectivity index (χ4v) is 2.11. The number of hydrogen-bond donors (Lipinski definition) is 2. The van der Waals surface area contributed by atoms with Crippen LogP contribution in [0.15, 0.2) is 36.4 Å². The number of anilines is 1. The van der Waals surface area contributed by atoms with Gasteiger partial charge in [-0.15, -0.1) is 0 Å². The Balaban J connectivity index is 1.91. The van der Waals surface area contributed by atoms with Crippen molar-refractivity contribution in [3.63, 3.8) is 0 Å². The van der Waals surface area contributed by atoms with E-state index in [2.05, 4.69) is 10.6 Å². The smallest absolute Gasteiger partial charge is 0.251 e. The lowest BCUT2D eigenvalue weighted by molar-refractivity contribution is -0.115. The maximum atomic E-state index is 13.1. The molecule has 0 radical (unpaired) electrons. The highest BCUT2D eigenvalue weighted by Crippen LogP contribution is 2.27. The number of amides is 2. The van der Waals surface area contributed by atoms with Crippen LogP contribution in [0.3, 0.4) is 0 Å². The summed E-state index contributed by atoms with van der Waals surface area (Å²) in [7, 11) is 1.47. The average Bonchev–Trinajstić information content (AvgIpc) is 2.55. The van der Waals surface area contributed by atoms with Crippen molar-refractivity contribution in [2.75, 3.05) is 19.0 Å². The van der Waals surface area contributed by atoms with Crippen molar-refractivity contribution in [3.8, 4) is 5.75 Å². The van der Waals surface area contributed by atoms with Gasteiger partial charge in [-0.2, -0.15) is 0 Å². The summed E-state index contributed by atoms with van der Waals surface area (Å²) in [5, 5.41) is 5.16. The first kappa shape index (κ1) is 17.7. The molecule has 0 aliphatic rings. The molecular weight excluding hydrogens is 342 g/mol. The Morgan fingerprint density at radius 3 is 2.50 bits per heavy atom. The monoisotopic (exact) mass is 354 g/mol. The van der Waals surface area contributed by atoms with E-state index in [0.717, 1.165) is 18.2 Å². The summed E-state index contributed by atoms with van der Waals surface area (Å²) in [6.45, 7) is -0.346. The first-order valence-electron chi connectivity index (χ1n) is 6.77. The highest BCUT2D eigenvalue weighted by atomic mass is 35.5. The minimum absolute atomic E-state index is 0.0887. The number of carbonyl (C=O) groups excluding carboxylic acids is 2. The number of methoxy groups -OCH3 is 1. The molecule has 0 aliphatic heterocycles. The van der Waals surface area contributed by atoms with Gasteiger partial charge in [0, 0.05) is 11.3 Å². The fourth-order valence-electron chi connectivity index (χ4n) is 1.85. The van der Waals surface area contributed by atoms with Gasteiger partial charge in [0.05, 0.1) is 18.7 Å². The third kappa shape index (κ3) is 4.42. The summed E-state index contributed by atoms with van der Waals surface area (Å²) < 4.78 is 30.9. The number of rotatable bonds is 5. The standard InChI is InChI=1S/C16H13ClF2N2O3/c1-24-14-5-3-10(7-11(14)17)21-15(22)8-20-16(23)9-2-4-12(18)13(19)6-9/h2-7H,8H2,1H3,(H,20,23)(H,21,22). The predicted octanol–water partition coefficient (Wildman–Crippen LogP) is 3.00. The molecule has 0 saturated carbocycles. The molecule has 2 N–H and O–H groups in total. The number of benzene rings is 2. The predicted molar refractivity (Wildman–Crippen MR) is 85.3 cm³/mol. The molecule has 126 valence electrons. The number of halogens is 3. The molecule has 5 nitrogen and oxygen atoms in total. The molecule has 0 aliphatic carbocycles. The molecule has 0 aromatic heterocycles. The van der Waals surface area contributed by atoms with Crippen molar-refractivity contribution in [1.82, 2.24) is 5.32 Å². The van der Waals surface area contributed by atoms with Gasteiger partial charge < -0.3 is 15.4 Å². The van der Waals surface area contributed by atoms with Crippen LogP contribution in [0.1, 0.15) is 10.4 Å². The zero-order valence-electron chi connectivity index (χ0n) is 12.5. The first-order chi connectivity index (χ1) is 11.4. The molecule has 24 heavy (non-hydrogen) atoms. The molecule has 2 rings (SSSR count). The molecule has 0 fully saturated rings. The van der Waals surface area contributed by atoms with Crippen molar-refractivity contribution in [2.45, 2.75) is 0 Å². The Kier molecular flexibility index (Phi) is 5.70. The van der Waals surface area contributed by atoms with E-state index >= 15 is 0 Å². The number of hydrogen-bond acceptors (Lipinski definition) is 3. The third-order valence-corrected chi connectivity index (χ3v) is 3.32. The van der Waals surface area contributed by atoms with E-state index in [-0.39, 0.29) is 12.1 Å². The van der Waals surface area contributed by atoms with Crippen LogP contribution < -0.4 is 15.4 Å². The van der Waals surface area contributed by atoms with E-state index in [0.29, 0.717) is 16.5 Å². The Morgan fingerprint density at radius 1 is 1.12 bits per heavy atom. The lowest BCUT2D eigenvalue weighted by atomic mass is 10.2. The van der Waals surface area contributed by atoms with Gasteiger partial charge in [0.2, 0.25) is 5.91 Å². The van der Waals surface area contributed by atoms with Crippen molar-refractivity contribution in [2.24, 2.45) is 0 Å². The van der Waals surface area contributed by atoms with E-state index in [4.69, 9.17) is 16.3 Å². The third-order valence-electron chi connectivity index (χ3n) is 3.03. The van der Waals surface area contributed by atoms with Gasteiger partial charge in [0.1, 0.15) is 5.75 Å². The molecule has 0 spiro atoms. The van der Waals surface area contributed by atoms with Crippen LogP contribution in [-0.2, 0) is 4.79 Å². The fraction of sp³-hybridized carbons (Fsp3) is 0.125. The summed E-state index contributed by atoms with van der Waals surface area (Å²) in [4.78, 5) is 23.6. The van der Waals surface area contributed by atoms with E-state index in [1.54, 1.807) is 12.1 Å². The van der Waals surface area contributed by atoms with Gasteiger partial charge in [0.25, 0.3) is 5.91 Å². The largest absolute Gasteiger partial charge is 0.495 e. The first-order valence-corrected chi connectivity index (χ1v) is 7.15. The van der Waals surface area contributed by atoms with Crippen LogP contribution in [0.25, 0.3) is 0 Å². The van der Waals surface area contributed by atoms with Gasteiger partial charge in [-0.3, -0.25) is 9.59 Å². The molecular formula is C16H13ClF2N2O3. The van der Waals surface area contributed by atoms with Gasteiger partial charge >= 0.3 is 0 Å². The number of ether oxygens (including phenoxy) is 1. The van der Waals surface area contributed by atoms with Crippen molar-refractivity contribution >= 4 is 29.1 Å². The van der Waals surface area contributed by atoms with E-state index < -0.39 is 23.4 Å². The molecule has 0 saturated heterocycles. The van der Waals surface area contributed by atoms with Crippen molar-refractivity contribution in [3.05, 3.63) is 58.6 Å². The van der Waals surface area contributed by atoms with Gasteiger partial charge in [-0.1, -0.05) is 11.6 Å². The van der Waals surface area contributed by atoms with E-state index in [9.17, 15) is 18.4 Å². The second kappa shape index (κ2) is 7.74. The molecule has 8 heteroatoms. The zero-order chi connectivity index (χ0) is 17.7. The molecule has 2 aromatic rings. The number of carbonyl (C=O) groups is 2. The minimum atomic E-state index is -1.14. The highest BCUT2D eigenvalue weighted by Gasteiger charge is 2.11. The van der Waals surface area contributed by atoms with E-state index in [1.807, 2.05) is 0 Å². The quantitative estimate of drug-likeness (QED) is 0.867.